The summed E-state index contributed by atoms with van der Waals surface area (Å²) in [6.07, 6.45) is 12.6. The number of Topliss-reactive ketones (excluding diaryl/α,β-unsaturated/α-hetero) is 1. The number of thioether (sulfide) groups is 1. The SMILES string of the molecule is COCc1cccc(C[C@@H](/C=C/[C@H]2[C@H](OC3CCCCO3)CC(=O)[C@@H]2CCSCCCC(=O)OC)OC2CCCCO2)c1. The van der Waals surface area contributed by atoms with Crippen molar-refractivity contribution < 1.29 is 38.0 Å². The lowest BCUT2D eigenvalue weighted by molar-refractivity contribution is -0.192. The van der Waals surface area contributed by atoms with E-state index in [0.29, 0.717) is 32.5 Å². The Kier molecular flexibility index (Phi) is 15.0. The maximum absolute atomic E-state index is 13.3. The molecule has 240 valence electrons. The number of methoxy groups -OCH3 is 2. The standard InChI is InChI=1S/C34H50O8S/c1-37-24-26-10-7-9-25(21-26)22-27(41-33-12-3-5-17-39-33)14-15-29-28(16-20-43-19-8-11-32(36)38-2)30(35)23-31(29)42-34-13-4-6-18-40-34/h7,9-10,14-15,21,27-29,31,33-34H,3-6,8,11-13,16-20,22-24H2,1-2H3/b15-14+/t27-,28-,29-,31-,33?,34?/m1/s1. The van der Waals surface area contributed by atoms with E-state index < -0.39 is 0 Å². The van der Waals surface area contributed by atoms with Gasteiger partial charge in [0.05, 0.1) is 25.9 Å². The van der Waals surface area contributed by atoms with Crippen molar-refractivity contribution in [2.75, 3.05) is 38.9 Å². The summed E-state index contributed by atoms with van der Waals surface area (Å²) in [5.41, 5.74) is 2.30. The summed E-state index contributed by atoms with van der Waals surface area (Å²) < 4.78 is 34.9. The van der Waals surface area contributed by atoms with Crippen LogP contribution >= 0.6 is 11.8 Å². The van der Waals surface area contributed by atoms with Crippen molar-refractivity contribution in [2.24, 2.45) is 11.8 Å². The molecule has 2 saturated heterocycles. The quantitative estimate of drug-likeness (QED) is 0.118. The highest BCUT2D eigenvalue weighted by molar-refractivity contribution is 7.99. The minimum Gasteiger partial charge on any atom is -0.469 e. The van der Waals surface area contributed by atoms with Gasteiger partial charge in [0.25, 0.3) is 0 Å². The molecule has 2 unspecified atom stereocenters. The number of esters is 1. The predicted molar refractivity (Wildman–Crippen MR) is 167 cm³/mol. The highest BCUT2D eigenvalue weighted by Crippen LogP contribution is 2.37. The van der Waals surface area contributed by atoms with Gasteiger partial charge in [0.2, 0.25) is 0 Å². The average Bonchev–Trinajstić information content (AvgIpc) is 3.31. The van der Waals surface area contributed by atoms with E-state index in [4.69, 9.17) is 28.4 Å². The highest BCUT2D eigenvalue weighted by atomic mass is 32.2. The second kappa shape index (κ2) is 18.9. The highest BCUT2D eigenvalue weighted by Gasteiger charge is 2.42. The lowest BCUT2D eigenvalue weighted by Gasteiger charge is -2.29. The van der Waals surface area contributed by atoms with Gasteiger partial charge >= 0.3 is 5.97 Å². The number of rotatable bonds is 17. The molecule has 0 amide bonds. The molecule has 9 heteroatoms. The van der Waals surface area contributed by atoms with Crippen molar-refractivity contribution in [1.29, 1.82) is 0 Å². The van der Waals surface area contributed by atoms with Crippen LogP contribution in [0.25, 0.3) is 0 Å². The fraction of sp³-hybridized carbons (Fsp3) is 0.706. The third-order valence-corrected chi connectivity index (χ3v) is 9.50. The van der Waals surface area contributed by atoms with Crippen molar-refractivity contribution in [1.82, 2.24) is 0 Å². The molecule has 2 aliphatic heterocycles. The normalized spacial score (nSPS) is 27.0. The topological polar surface area (TPSA) is 89.5 Å². The number of carbonyl (C=O) groups excluding carboxylic acids is 2. The molecule has 1 aliphatic carbocycles. The number of benzene rings is 1. The van der Waals surface area contributed by atoms with E-state index in [9.17, 15) is 9.59 Å². The first-order chi connectivity index (χ1) is 21.1. The predicted octanol–water partition coefficient (Wildman–Crippen LogP) is 6.04. The van der Waals surface area contributed by atoms with Gasteiger partial charge in [0, 0.05) is 51.4 Å². The Morgan fingerprint density at radius 2 is 1.81 bits per heavy atom. The Morgan fingerprint density at radius 1 is 1.05 bits per heavy atom. The molecule has 6 atom stereocenters. The molecule has 1 aromatic rings. The maximum atomic E-state index is 13.3. The van der Waals surface area contributed by atoms with Crippen LogP contribution in [0, 0.1) is 11.8 Å². The van der Waals surface area contributed by atoms with Gasteiger partial charge in [0.1, 0.15) is 5.78 Å². The van der Waals surface area contributed by atoms with Crippen molar-refractivity contribution >= 4 is 23.5 Å². The molecule has 1 saturated carbocycles. The van der Waals surface area contributed by atoms with Gasteiger partial charge in [-0.2, -0.15) is 11.8 Å². The average molecular weight is 619 g/mol. The van der Waals surface area contributed by atoms with Gasteiger partial charge in [-0.25, -0.2) is 0 Å². The zero-order valence-electron chi connectivity index (χ0n) is 25.9. The molecular formula is C34H50O8S. The zero-order valence-corrected chi connectivity index (χ0v) is 26.7. The molecule has 1 aromatic carbocycles. The molecule has 0 bridgehead atoms. The summed E-state index contributed by atoms with van der Waals surface area (Å²) in [6, 6.07) is 8.42. The summed E-state index contributed by atoms with van der Waals surface area (Å²) in [6.45, 7) is 1.99. The van der Waals surface area contributed by atoms with Crippen LogP contribution in [-0.2, 0) is 51.0 Å². The smallest absolute Gasteiger partial charge is 0.305 e. The van der Waals surface area contributed by atoms with Crippen molar-refractivity contribution in [2.45, 2.75) is 102 Å². The molecule has 3 aliphatic rings. The van der Waals surface area contributed by atoms with E-state index in [-0.39, 0.29) is 48.4 Å². The minimum absolute atomic E-state index is 0.0492. The third-order valence-electron chi connectivity index (χ3n) is 8.40. The van der Waals surface area contributed by atoms with Crippen LogP contribution in [-0.4, -0.2) is 75.5 Å². The fourth-order valence-corrected chi connectivity index (χ4v) is 7.10. The minimum atomic E-state index is -0.250. The van der Waals surface area contributed by atoms with Gasteiger partial charge < -0.3 is 28.4 Å². The zero-order chi connectivity index (χ0) is 30.3. The first kappa shape index (κ1) is 34.1. The number of hydrogen-bond acceptors (Lipinski definition) is 9. The lowest BCUT2D eigenvalue weighted by Crippen LogP contribution is -2.31. The van der Waals surface area contributed by atoms with Crippen LogP contribution in [0.5, 0.6) is 0 Å². The van der Waals surface area contributed by atoms with Crippen molar-refractivity contribution in [3.8, 4) is 0 Å². The van der Waals surface area contributed by atoms with Crippen LogP contribution in [0.1, 0.15) is 75.3 Å². The van der Waals surface area contributed by atoms with E-state index in [2.05, 4.69) is 36.4 Å². The summed E-state index contributed by atoms with van der Waals surface area (Å²) >= 11 is 1.79. The van der Waals surface area contributed by atoms with E-state index in [1.54, 1.807) is 18.9 Å². The molecule has 43 heavy (non-hydrogen) atoms. The Balaban J connectivity index is 1.46. The molecule has 0 radical (unpaired) electrons. The van der Waals surface area contributed by atoms with Crippen molar-refractivity contribution in [3.05, 3.63) is 47.5 Å². The van der Waals surface area contributed by atoms with Gasteiger partial charge in [-0.3, -0.25) is 9.59 Å². The number of hydrogen-bond donors (Lipinski definition) is 0. The van der Waals surface area contributed by atoms with Gasteiger partial charge in [-0.1, -0.05) is 36.4 Å². The van der Waals surface area contributed by atoms with E-state index >= 15 is 0 Å². The van der Waals surface area contributed by atoms with Crippen LogP contribution in [0.4, 0.5) is 0 Å². The molecule has 0 aromatic heterocycles. The maximum Gasteiger partial charge on any atom is 0.305 e. The summed E-state index contributed by atoms with van der Waals surface area (Å²) in [5.74, 6) is 1.64. The number of ether oxygens (including phenoxy) is 6. The second-order valence-electron chi connectivity index (χ2n) is 11.7. The Morgan fingerprint density at radius 3 is 2.53 bits per heavy atom. The van der Waals surface area contributed by atoms with Gasteiger partial charge in [-0.05, 0) is 74.0 Å². The van der Waals surface area contributed by atoms with E-state index in [1.807, 2.05) is 0 Å². The molecule has 8 nitrogen and oxygen atoms in total. The fourth-order valence-electron chi connectivity index (χ4n) is 6.13. The van der Waals surface area contributed by atoms with Gasteiger partial charge in [0.15, 0.2) is 12.6 Å². The van der Waals surface area contributed by atoms with Crippen LogP contribution in [0.15, 0.2) is 36.4 Å². The second-order valence-corrected chi connectivity index (χ2v) is 12.9. The monoisotopic (exact) mass is 618 g/mol. The molecule has 3 fully saturated rings. The lowest BCUT2D eigenvalue weighted by atomic mass is 9.90. The summed E-state index contributed by atoms with van der Waals surface area (Å²) in [4.78, 5) is 24.8. The van der Waals surface area contributed by atoms with Gasteiger partial charge in [-0.15, -0.1) is 0 Å². The Hall–Kier alpha value is -1.75. The van der Waals surface area contributed by atoms with Crippen LogP contribution < -0.4 is 0 Å². The largest absolute Gasteiger partial charge is 0.469 e. The number of carbonyl (C=O) groups is 2. The first-order valence-corrected chi connectivity index (χ1v) is 17.2. The Labute approximate surface area is 261 Å². The summed E-state index contributed by atoms with van der Waals surface area (Å²) in [5, 5.41) is 0. The summed E-state index contributed by atoms with van der Waals surface area (Å²) in [7, 11) is 3.13. The van der Waals surface area contributed by atoms with E-state index in [1.165, 1.54) is 12.7 Å². The first-order valence-electron chi connectivity index (χ1n) is 16.0. The Bertz CT molecular complexity index is 1000. The molecule has 0 spiro atoms. The van der Waals surface area contributed by atoms with Crippen LogP contribution in [0.3, 0.4) is 0 Å². The molecule has 0 N–H and O–H groups in total. The molecule has 2 heterocycles. The van der Waals surface area contributed by atoms with E-state index in [0.717, 1.165) is 75.0 Å². The molecular weight excluding hydrogens is 568 g/mol. The van der Waals surface area contributed by atoms with Crippen molar-refractivity contribution in [3.63, 3.8) is 0 Å². The number of ketones is 1. The van der Waals surface area contributed by atoms with Crippen LogP contribution in [0.2, 0.25) is 0 Å². The third kappa shape index (κ3) is 11.6. The molecule has 4 rings (SSSR count).